The van der Waals surface area contributed by atoms with Gasteiger partial charge in [0, 0.05) is 5.56 Å². The standard InChI is InChI=1S/C28H25NOSi/c1-31(2,3)25-18-16-23(17-19-25)21-10-8-20(9-11-21)22-12-14-24(15-13-22)28-29-26-6-4-5-7-27(26)30-28/h4-19H,1-3H3. The van der Waals surface area contributed by atoms with Crippen LogP contribution in [0.2, 0.25) is 19.6 Å². The third kappa shape index (κ3) is 3.97. The van der Waals surface area contributed by atoms with E-state index in [2.05, 4.69) is 97.4 Å². The van der Waals surface area contributed by atoms with Crippen molar-refractivity contribution in [1.82, 2.24) is 4.98 Å². The van der Waals surface area contributed by atoms with Crippen molar-refractivity contribution in [3.63, 3.8) is 0 Å². The molecule has 0 aliphatic rings. The molecule has 0 saturated heterocycles. The minimum absolute atomic E-state index is 0.657. The molecule has 0 spiro atoms. The van der Waals surface area contributed by atoms with Crippen LogP contribution in [0.25, 0.3) is 44.8 Å². The Morgan fingerprint density at radius 2 is 1.00 bits per heavy atom. The lowest BCUT2D eigenvalue weighted by Crippen LogP contribution is -2.37. The molecule has 0 saturated carbocycles. The van der Waals surface area contributed by atoms with Gasteiger partial charge in [-0.25, -0.2) is 4.98 Å². The van der Waals surface area contributed by atoms with E-state index in [1.54, 1.807) is 0 Å². The highest BCUT2D eigenvalue weighted by Crippen LogP contribution is 2.28. The number of aromatic nitrogens is 1. The van der Waals surface area contributed by atoms with Gasteiger partial charge in [-0.05, 0) is 46.5 Å². The van der Waals surface area contributed by atoms with Crippen LogP contribution in [0.3, 0.4) is 0 Å². The summed E-state index contributed by atoms with van der Waals surface area (Å²) in [5.41, 5.74) is 7.57. The lowest BCUT2D eigenvalue weighted by Gasteiger charge is -2.16. The van der Waals surface area contributed by atoms with E-state index in [1.165, 1.54) is 27.4 Å². The van der Waals surface area contributed by atoms with Gasteiger partial charge in [-0.3, -0.25) is 0 Å². The third-order valence-corrected chi connectivity index (χ3v) is 7.79. The van der Waals surface area contributed by atoms with Gasteiger partial charge < -0.3 is 4.42 Å². The summed E-state index contributed by atoms with van der Waals surface area (Å²) in [5.74, 6) is 0.657. The van der Waals surface area contributed by atoms with E-state index in [-0.39, 0.29) is 0 Å². The van der Waals surface area contributed by atoms with Crippen LogP contribution in [-0.4, -0.2) is 13.1 Å². The summed E-state index contributed by atoms with van der Waals surface area (Å²) in [7, 11) is -1.26. The smallest absolute Gasteiger partial charge is 0.227 e. The molecule has 0 aliphatic heterocycles. The summed E-state index contributed by atoms with van der Waals surface area (Å²) < 4.78 is 5.89. The SMILES string of the molecule is C[Si](C)(C)c1ccc(-c2ccc(-c3ccc(-c4nc5ccccc5o4)cc3)cc2)cc1. The lowest BCUT2D eigenvalue weighted by molar-refractivity contribution is 0.620. The molecule has 4 aromatic carbocycles. The molecule has 3 heteroatoms. The molecule has 0 aliphatic carbocycles. The summed E-state index contributed by atoms with van der Waals surface area (Å²) >= 11 is 0. The molecule has 1 aromatic heterocycles. The van der Waals surface area contributed by atoms with Crippen molar-refractivity contribution < 1.29 is 4.42 Å². The summed E-state index contributed by atoms with van der Waals surface area (Å²) in [4.78, 5) is 4.59. The highest BCUT2D eigenvalue weighted by molar-refractivity contribution is 6.88. The zero-order valence-corrected chi connectivity index (χ0v) is 19.1. The molecule has 31 heavy (non-hydrogen) atoms. The fourth-order valence-electron chi connectivity index (χ4n) is 3.82. The number of hydrogen-bond donors (Lipinski definition) is 0. The highest BCUT2D eigenvalue weighted by Gasteiger charge is 2.15. The Kier molecular flexibility index (Phi) is 4.83. The van der Waals surface area contributed by atoms with Crippen LogP contribution in [0.5, 0.6) is 0 Å². The first-order valence-corrected chi connectivity index (χ1v) is 14.1. The molecule has 0 fully saturated rings. The van der Waals surface area contributed by atoms with Crippen molar-refractivity contribution >= 4 is 24.4 Å². The van der Waals surface area contributed by atoms with Crippen molar-refractivity contribution in [2.24, 2.45) is 0 Å². The van der Waals surface area contributed by atoms with Crippen molar-refractivity contribution in [2.45, 2.75) is 19.6 Å². The van der Waals surface area contributed by atoms with Crippen LogP contribution >= 0.6 is 0 Å². The summed E-state index contributed by atoms with van der Waals surface area (Å²) in [5, 5.41) is 1.49. The molecule has 1 heterocycles. The van der Waals surface area contributed by atoms with Crippen molar-refractivity contribution in [1.29, 1.82) is 0 Å². The van der Waals surface area contributed by atoms with Crippen LogP contribution in [0.15, 0.2) is 101 Å². The number of hydrogen-bond acceptors (Lipinski definition) is 2. The van der Waals surface area contributed by atoms with Crippen molar-refractivity contribution in [2.75, 3.05) is 0 Å². The molecule has 152 valence electrons. The Morgan fingerprint density at radius 3 is 1.48 bits per heavy atom. The normalized spacial score (nSPS) is 11.7. The van der Waals surface area contributed by atoms with Crippen LogP contribution < -0.4 is 5.19 Å². The minimum atomic E-state index is -1.26. The molecule has 0 atom stereocenters. The predicted molar refractivity (Wildman–Crippen MR) is 133 cm³/mol. The average molecular weight is 420 g/mol. The van der Waals surface area contributed by atoms with Crippen LogP contribution in [0, 0.1) is 0 Å². The van der Waals surface area contributed by atoms with Crippen molar-refractivity contribution in [3.8, 4) is 33.7 Å². The fourth-order valence-corrected chi connectivity index (χ4v) is 4.99. The Morgan fingerprint density at radius 1 is 0.548 bits per heavy atom. The second kappa shape index (κ2) is 7.68. The fraction of sp³-hybridized carbons (Fsp3) is 0.107. The molecule has 0 radical (unpaired) electrons. The second-order valence-corrected chi connectivity index (χ2v) is 14.0. The van der Waals surface area contributed by atoms with Gasteiger partial charge in [-0.15, -0.1) is 0 Å². The monoisotopic (exact) mass is 419 g/mol. The maximum Gasteiger partial charge on any atom is 0.227 e. The van der Waals surface area contributed by atoms with E-state index in [1.807, 2.05) is 24.3 Å². The Bertz CT molecular complexity index is 1290. The number of fused-ring (bicyclic) bond motifs is 1. The first-order chi connectivity index (χ1) is 15.0. The molecular weight excluding hydrogens is 394 g/mol. The molecule has 0 amide bonds. The number of nitrogens with zero attached hydrogens (tertiary/aromatic N) is 1. The zero-order valence-electron chi connectivity index (χ0n) is 18.1. The third-order valence-electron chi connectivity index (χ3n) is 5.73. The molecule has 0 N–H and O–H groups in total. The van der Waals surface area contributed by atoms with E-state index in [4.69, 9.17) is 4.42 Å². The lowest BCUT2D eigenvalue weighted by atomic mass is 9.99. The molecule has 0 unspecified atom stereocenters. The van der Waals surface area contributed by atoms with E-state index in [9.17, 15) is 0 Å². The predicted octanol–water partition coefficient (Wildman–Crippen LogP) is 7.37. The van der Waals surface area contributed by atoms with E-state index in [0.29, 0.717) is 5.89 Å². The topological polar surface area (TPSA) is 26.0 Å². The largest absolute Gasteiger partial charge is 0.436 e. The Hall–Kier alpha value is -3.43. The summed E-state index contributed by atoms with van der Waals surface area (Å²) in [6, 6.07) is 34.1. The number of para-hydroxylation sites is 2. The second-order valence-electron chi connectivity index (χ2n) is 8.97. The Labute approximate surface area is 184 Å². The summed E-state index contributed by atoms with van der Waals surface area (Å²) in [6.07, 6.45) is 0. The Balaban J connectivity index is 1.37. The molecule has 2 nitrogen and oxygen atoms in total. The molecule has 5 aromatic rings. The van der Waals surface area contributed by atoms with Gasteiger partial charge in [-0.1, -0.05) is 97.6 Å². The van der Waals surface area contributed by atoms with Gasteiger partial charge in [0.15, 0.2) is 5.58 Å². The first kappa shape index (κ1) is 19.5. The van der Waals surface area contributed by atoms with Gasteiger partial charge in [0.25, 0.3) is 0 Å². The van der Waals surface area contributed by atoms with Crippen LogP contribution in [-0.2, 0) is 0 Å². The minimum Gasteiger partial charge on any atom is -0.436 e. The van der Waals surface area contributed by atoms with Crippen molar-refractivity contribution in [3.05, 3.63) is 97.1 Å². The van der Waals surface area contributed by atoms with Gasteiger partial charge in [0.05, 0.1) is 8.07 Å². The molecule has 5 rings (SSSR count). The highest BCUT2D eigenvalue weighted by atomic mass is 28.3. The van der Waals surface area contributed by atoms with Crippen LogP contribution in [0.1, 0.15) is 0 Å². The zero-order chi connectivity index (χ0) is 21.4. The van der Waals surface area contributed by atoms with E-state index >= 15 is 0 Å². The number of rotatable bonds is 4. The van der Waals surface area contributed by atoms with Crippen LogP contribution in [0.4, 0.5) is 0 Å². The number of benzene rings is 4. The average Bonchev–Trinajstić information content (AvgIpc) is 3.23. The van der Waals surface area contributed by atoms with E-state index < -0.39 is 8.07 Å². The van der Waals surface area contributed by atoms with Gasteiger partial charge >= 0.3 is 0 Å². The molecular formula is C28H25NOSi. The molecule has 0 bridgehead atoms. The summed E-state index contributed by atoms with van der Waals surface area (Å²) in [6.45, 7) is 7.14. The maximum absolute atomic E-state index is 5.89. The number of oxazole rings is 1. The first-order valence-electron chi connectivity index (χ1n) is 10.6. The van der Waals surface area contributed by atoms with Gasteiger partial charge in [-0.2, -0.15) is 0 Å². The maximum atomic E-state index is 5.89. The van der Waals surface area contributed by atoms with Gasteiger partial charge in [0.2, 0.25) is 5.89 Å². The van der Waals surface area contributed by atoms with E-state index in [0.717, 1.165) is 16.7 Å². The van der Waals surface area contributed by atoms with Gasteiger partial charge in [0.1, 0.15) is 5.52 Å². The quantitative estimate of drug-likeness (QED) is 0.284.